The van der Waals surface area contributed by atoms with E-state index in [9.17, 15) is 13.2 Å². The number of aliphatic carboxylic acids is 1. The zero-order chi connectivity index (χ0) is 14.4. The Labute approximate surface area is 115 Å². The number of hydrogen-bond donors (Lipinski definition) is 1. The van der Waals surface area contributed by atoms with Gasteiger partial charge in [0, 0.05) is 19.6 Å². The van der Waals surface area contributed by atoms with E-state index in [1.54, 1.807) is 6.92 Å². The number of carboxylic acids is 1. The molecule has 1 aromatic heterocycles. The fraction of sp³-hybridized carbons (Fsp3) is 0.600. The quantitative estimate of drug-likeness (QED) is 0.880. The molecule has 2 atom stereocenters. The Bertz CT molecular complexity index is 593. The van der Waals surface area contributed by atoms with Gasteiger partial charge >= 0.3 is 5.97 Å². The molecule has 7 nitrogen and oxygen atoms in total. The maximum Gasteiger partial charge on any atom is 0.308 e. The van der Waals surface area contributed by atoms with Crippen LogP contribution in [0.15, 0.2) is 11.2 Å². The van der Waals surface area contributed by atoms with Crippen LogP contribution in [-0.2, 0) is 21.9 Å². The second-order valence-electron chi connectivity index (χ2n) is 4.51. The van der Waals surface area contributed by atoms with Gasteiger partial charge in [0.15, 0.2) is 5.03 Å². The van der Waals surface area contributed by atoms with Gasteiger partial charge < -0.3 is 5.11 Å². The molecule has 1 N–H and O–H groups in total. The number of carboxylic acid groups (broad SMARTS) is 1. The number of sulfonamides is 1. The van der Waals surface area contributed by atoms with Gasteiger partial charge in [0.05, 0.1) is 17.1 Å². The lowest BCUT2D eigenvalue weighted by atomic mass is 10.0. The zero-order valence-electron chi connectivity index (χ0n) is 10.4. The molecule has 1 aliphatic heterocycles. The largest absolute Gasteiger partial charge is 0.481 e. The maximum atomic E-state index is 12.5. The molecule has 0 spiro atoms. The molecule has 2 unspecified atom stereocenters. The molecule has 1 saturated heterocycles. The first-order chi connectivity index (χ1) is 8.76. The zero-order valence-corrected chi connectivity index (χ0v) is 12.0. The topological polar surface area (TPSA) is 92.5 Å². The van der Waals surface area contributed by atoms with E-state index in [4.69, 9.17) is 16.7 Å². The van der Waals surface area contributed by atoms with E-state index in [0.29, 0.717) is 6.42 Å². The smallest absolute Gasteiger partial charge is 0.308 e. The number of nitrogens with zero attached hydrogens (tertiary/aromatic N) is 3. The van der Waals surface area contributed by atoms with Gasteiger partial charge in [-0.05, 0) is 13.3 Å². The van der Waals surface area contributed by atoms with Crippen molar-refractivity contribution in [3.8, 4) is 0 Å². The summed E-state index contributed by atoms with van der Waals surface area (Å²) in [6, 6.07) is -0.603. The number of aromatic nitrogens is 2. The van der Waals surface area contributed by atoms with E-state index in [0.717, 1.165) is 0 Å². The van der Waals surface area contributed by atoms with E-state index in [-0.39, 0.29) is 16.6 Å². The Morgan fingerprint density at radius 2 is 2.21 bits per heavy atom. The van der Waals surface area contributed by atoms with E-state index >= 15 is 0 Å². The molecule has 106 valence electrons. The first kappa shape index (κ1) is 14.3. The van der Waals surface area contributed by atoms with Crippen LogP contribution < -0.4 is 0 Å². The molecule has 19 heavy (non-hydrogen) atoms. The molecule has 0 aliphatic carbocycles. The third-order valence-electron chi connectivity index (χ3n) is 3.41. The molecule has 0 saturated carbocycles. The summed E-state index contributed by atoms with van der Waals surface area (Å²) in [5.74, 6) is -1.68. The molecule has 2 heterocycles. The number of carbonyl (C=O) groups is 1. The molecule has 0 aromatic carbocycles. The highest BCUT2D eigenvalue weighted by Gasteiger charge is 2.43. The van der Waals surface area contributed by atoms with Crippen molar-refractivity contribution in [1.29, 1.82) is 0 Å². The Balaban J connectivity index is 2.40. The number of aryl methyl sites for hydroxylation is 1. The van der Waals surface area contributed by atoms with Crippen LogP contribution in [0.1, 0.15) is 13.3 Å². The first-order valence-corrected chi connectivity index (χ1v) is 7.50. The monoisotopic (exact) mass is 307 g/mol. The summed E-state index contributed by atoms with van der Waals surface area (Å²) in [6.45, 7) is 1.76. The van der Waals surface area contributed by atoms with Crippen molar-refractivity contribution >= 4 is 27.6 Å². The van der Waals surface area contributed by atoms with E-state index in [1.165, 1.54) is 22.2 Å². The normalized spacial score (nSPS) is 24.8. The van der Waals surface area contributed by atoms with Crippen molar-refractivity contribution < 1.29 is 18.3 Å². The Morgan fingerprint density at radius 1 is 1.58 bits per heavy atom. The van der Waals surface area contributed by atoms with Crippen LogP contribution in [0.4, 0.5) is 0 Å². The minimum absolute atomic E-state index is 0.0356. The van der Waals surface area contributed by atoms with Gasteiger partial charge in [-0.1, -0.05) is 11.6 Å². The minimum Gasteiger partial charge on any atom is -0.481 e. The van der Waals surface area contributed by atoms with Gasteiger partial charge in [0.25, 0.3) is 10.0 Å². The van der Waals surface area contributed by atoms with E-state index < -0.39 is 28.0 Å². The molecule has 0 radical (unpaired) electrons. The van der Waals surface area contributed by atoms with Gasteiger partial charge in [0.2, 0.25) is 0 Å². The Kier molecular flexibility index (Phi) is 3.59. The fourth-order valence-corrected chi connectivity index (χ4v) is 4.67. The second kappa shape index (κ2) is 4.77. The molecule has 0 amide bonds. The standard InChI is InChI=1S/C10H14ClN3O4S/c1-6-7(10(15)16)3-4-14(6)19(17,18)9-8(11)5-12-13(9)2/h5-7H,3-4H2,1-2H3,(H,15,16). The van der Waals surface area contributed by atoms with Gasteiger partial charge in [-0.3, -0.25) is 9.48 Å². The molecular formula is C10H14ClN3O4S. The predicted molar refractivity (Wildman–Crippen MR) is 67.3 cm³/mol. The molecule has 1 aliphatic rings. The van der Waals surface area contributed by atoms with E-state index in [1.807, 2.05) is 0 Å². The van der Waals surface area contributed by atoms with Crippen molar-refractivity contribution in [1.82, 2.24) is 14.1 Å². The summed E-state index contributed by atoms with van der Waals surface area (Å²) in [5, 5.41) is 12.8. The lowest BCUT2D eigenvalue weighted by Crippen LogP contribution is -2.38. The molecular weight excluding hydrogens is 294 g/mol. The third kappa shape index (κ3) is 2.24. The number of halogens is 1. The average molecular weight is 308 g/mol. The highest BCUT2D eigenvalue weighted by Crippen LogP contribution is 2.32. The highest BCUT2D eigenvalue weighted by molar-refractivity contribution is 7.89. The maximum absolute atomic E-state index is 12.5. The van der Waals surface area contributed by atoms with Gasteiger partial charge in [-0.2, -0.15) is 9.40 Å². The lowest BCUT2D eigenvalue weighted by molar-refractivity contribution is -0.142. The van der Waals surface area contributed by atoms with Crippen LogP contribution in [0.2, 0.25) is 5.02 Å². The number of rotatable bonds is 3. The molecule has 0 bridgehead atoms. The van der Waals surface area contributed by atoms with Gasteiger partial charge in [0.1, 0.15) is 0 Å². The molecule has 2 rings (SSSR count). The van der Waals surface area contributed by atoms with Crippen molar-refractivity contribution in [3.05, 3.63) is 11.2 Å². The summed E-state index contributed by atoms with van der Waals surface area (Å²) in [5.41, 5.74) is 0. The van der Waals surface area contributed by atoms with Gasteiger partial charge in [-0.15, -0.1) is 0 Å². The van der Waals surface area contributed by atoms with Crippen molar-refractivity contribution in [3.63, 3.8) is 0 Å². The molecule has 9 heteroatoms. The van der Waals surface area contributed by atoms with Crippen molar-refractivity contribution in [2.75, 3.05) is 6.54 Å². The third-order valence-corrected chi connectivity index (χ3v) is 5.90. The van der Waals surface area contributed by atoms with Crippen LogP contribution in [0, 0.1) is 5.92 Å². The molecule has 1 fully saturated rings. The van der Waals surface area contributed by atoms with Crippen LogP contribution in [0.3, 0.4) is 0 Å². The summed E-state index contributed by atoms with van der Waals surface area (Å²) < 4.78 is 27.4. The summed E-state index contributed by atoms with van der Waals surface area (Å²) >= 11 is 5.85. The van der Waals surface area contributed by atoms with Gasteiger partial charge in [-0.25, -0.2) is 8.42 Å². The highest BCUT2D eigenvalue weighted by atomic mass is 35.5. The predicted octanol–water partition coefficient (Wildman–Crippen LogP) is 0.557. The molecule has 1 aromatic rings. The van der Waals surface area contributed by atoms with E-state index in [2.05, 4.69) is 5.10 Å². The van der Waals surface area contributed by atoms with Crippen LogP contribution in [-0.4, -0.2) is 46.2 Å². The van der Waals surface area contributed by atoms with Crippen LogP contribution in [0.25, 0.3) is 0 Å². The van der Waals surface area contributed by atoms with Crippen LogP contribution in [0.5, 0.6) is 0 Å². The minimum atomic E-state index is -3.83. The Hall–Kier alpha value is -1.12. The van der Waals surface area contributed by atoms with Crippen LogP contribution >= 0.6 is 11.6 Å². The summed E-state index contributed by atoms with van der Waals surface area (Å²) in [4.78, 5) is 11.0. The first-order valence-electron chi connectivity index (χ1n) is 5.69. The lowest BCUT2D eigenvalue weighted by Gasteiger charge is -2.22. The second-order valence-corrected chi connectivity index (χ2v) is 6.72. The SMILES string of the molecule is CC1C(C(=O)O)CCN1S(=O)(=O)c1c(Cl)cnn1C. The Morgan fingerprint density at radius 3 is 2.63 bits per heavy atom. The average Bonchev–Trinajstić information content (AvgIpc) is 2.82. The van der Waals surface area contributed by atoms with Crippen molar-refractivity contribution in [2.24, 2.45) is 13.0 Å². The van der Waals surface area contributed by atoms with Crippen molar-refractivity contribution in [2.45, 2.75) is 24.4 Å². The summed E-state index contributed by atoms with van der Waals surface area (Å²) in [7, 11) is -2.35. The summed E-state index contributed by atoms with van der Waals surface area (Å²) in [6.07, 6.45) is 1.55. The fourth-order valence-electron chi connectivity index (χ4n) is 2.38. The number of hydrogen-bond acceptors (Lipinski definition) is 4.